The van der Waals surface area contributed by atoms with Crippen LogP contribution in [0.2, 0.25) is 0 Å². The Kier molecular flexibility index (Phi) is 5.74. The van der Waals surface area contributed by atoms with Crippen LogP contribution in [0.1, 0.15) is 70.8 Å². The lowest BCUT2D eigenvalue weighted by Crippen LogP contribution is -2.44. The molecular weight excluding hydrogens is 649 g/mol. The molecule has 0 unspecified atom stereocenters. The fourth-order valence-corrected chi connectivity index (χ4v) is 11.1. The van der Waals surface area contributed by atoms with E-state index in [1.165, 1.54) is 105 Å². The maximum absolute atomic E-state index is 2.64. The van der Waals surface area contributed by atoms with E-state index in [4.69, 9.17) is 0 Å². The van der Waals surface area contributed by atoms with Crippen molar-refractivity contribution in [1.82, 2.24) is 0 Å². The van der Waals surface area contributed by atoms with Crippen molar-refractivity contribution in [2.24, 2.45) is 0 Å². The van der Waals surface area contributed by atoms with Gasteiger partial charge in [-0.3, -0.25) is 0 Å². The number of hydrogen-bond acceptors (Lipinski definition) is 0. The lowest BCUT2D eigenvalue weighted by atomic mass is 9.51. The molecule has 9 aromatic rings. The molecule has 254 valence electrons. The maximum Gasteiger partial charge on any atom is 0.0720 e. The molecule has 9 aromatic carbocycles. The lowest BCUT2D eigenvalue weighted by molar-refractivity contribution is 0.579. The predicted octanol–water partition coefficient (Wildman–Crippen LogP) is 13.5. The SMILES string of the molecule is CC(C)(C)c1ccc2c(c1)C1(c3ccccc3-c3ccccc31)c1cc3c4ccccc4c4ccccc4c3cc1C21c2ccccc2-c2ccccc21. The molecule has 0 fully saturated rings. The van der Waals surface area contributed by atoms with Crippen LogP contribution in [0.3, 0.4) is 0 Å². The van der Waals surface area contributed by atoms with Crippen molar-refractivity contribution in [3.05, 3.63) is 226 Å². The summed E-state index contributed by atoms with van der Waals surface area (Å²) in [6.07, 6.45) is 0. The van der Waals surface area contributed by atoms with Gasteiger partial charge in [-0.25, -0.2) is 0 Å². The summed E-state index contributed by atoms with van der Waals surface area (Å²) in [6, 6.07) is 67.9. The van der Waals surface area contributed by atoms with Crippen molar-refractivity contribution in [2.45, 2.75) is 37.0 Å². The number of benzene rings is 9. The van der Waals surface area contributed by atoms with Crippen LogP contribution in [0.25, 0.3) is 54.6 Å². The van der Waals surface area contributed by atoms with Gasteiger partial charge >= 0.3 is 0 Å². The van der Waals surface area contributed by atoms with E-state index in [1.54, 1.807) is 0 Å². The Labute approximate surface area is 316 Å². The van der Waals surface area contributed by atoms with Gasteiger partial charge in [-0.1, -0.05) is 185 Å². The Balaban J connectivity index is 1.39. The van der Waals surface area contributed by atoms with Gasteiger partial charge in [-0.15, -0.1) is 0 Å². The Morgan fingerprint density at radius 2 is 0.593 bits per heavy atom. The maximum atomic E-state index is 2.64. The molecule has 0 bridgehead atoms. The molecule has 12 rings (SSSR count). The molecule has 54 heavy (non-hydrogen) atoms. The van der Waals surface area contributed by atoms with Crippen molar-refractivity contribution in [2.75, 3.05) is 0 Å². The second-order valence-corrected chi connectivity index (χ2v) is 16.7. The molecule has 0 nitrogen and oxygen atoms in total. The predicted molar refractivity (Wildman–Crippen MR) is 226 cm³/mol. The highest BCUT2D eigenvalue weighted by molar-refractivity contribution is 6.26. The monoisotopic (exact) mass is 686 g/mol. The molecular formula is C54H38. The molecule has 0 heteroatoms. The smallest absolute Gasteiger partial charge is 0.0619 e. The van der Waals surface area contributed by atoms with E-state index in [1.807, 2.05) is 0 Å². The van der Waals surface area contributed by atoms with Gasteiger partial charge in [0.05, 0.1) is 10.8 Å². The fourth-order valence-electron chi connectivity index (χ4n) is 11.1. The first-order valence-electron chi connectivity index (χ1n) is 19.4. The third kappa shape index (κ3) is 3.46. The standard InChI is InChI=1S/C54H38/c1-52(2,3)33-28-29-48-49(30-33)54(46-26-14-10-22-40(46)41-23-11-15-27-47(41)54)51-32-43-37-19-7-5-17-35(37)34-16-4-6-18-36(34)42(43)31-50(51)53(48)44-24-12-8-20-38(44)39-21-9-13-25-45(39)53/h4-32H,1-3H3. The summed E-state index contributed by atoms with van der Waals surface area (Å²) >= 11 is 0. The highest BCUT2D eigenvalue weighted by Crippen LogP contribution is 2.68. The van der Waals surface area contributed by atoms with E-state index in [9.17, 15) is 0 Å². The zero-order valence-corrected chi connectivity index (χ0v) is 30.7. The second kappa shape index (κ2) is 10.2. The second-order valence-electron chi connectivity index (χ2n) is 16.7. The first kappa shape index (κ1) is 30.2. The van der Waals surface area contributed by atoms with Crippen LogP contribution in [0, 0.1) is 0 Å². The van der Waals surface area contributed by atoms with E-state index in [2.05, 4.69) is 197 Å². The quantitative estimate of drug-likeness (QED) is 0.139. The van der Waals surface area contributed by atoms with E-state index < -0.39 is 10.8 Å². The van der Waals surface area contributed by atoms with Crippen LogP contribution in [0.5, 0.6) is 0 Å². The molecule has 0 atom stereocenters. The zero-order valence-electron chi connectivity index (χ0n) is 30.7. The highest BCUT2D eigenvalue weighted by atomic mass is 14.6. The van der Waals surface area contributed by atoms with Gasteiger partial charge in [0.15, 0.2) is 0 Å². The summed E-state index contributed by atoms with van der Waals surface area (Å²) in [5.41, 5.74) is 16.6. The lowest BCUT2D eigenvalue weighted by Gasteiger charge is -2.49. The zero-order chi connectivity index (χ0) is 36.0. The summed E-state index contributed by atoms with van der Waals surface area (Å²) in [5.74, 6) is 0. The molecule has 0 aliphatic heterocycles. The third-order valence-electron chi connectivity index (χ3n) is 13.3. The van der Waals surface area contributed by atoms with Crippen molar-refractivity contribution in [1.29, 1.82) is 0 Å². The van der Waals surface area contributed by atoms with Crippen molar-refractivity contribution in [3.8, 4) is 22.3 Å². The average Bonchev–Trinajstić information content (AvgIpc) is 3.68. The van der Waals surface area contributed by atoms with E-state index in [-0.39, 0.29) is 5.41 Å². The number of fused-ring (bicyclic) bond motifs is 22. The minimum Gasteiger partial charge on any atom is -0.0619 e. The largest absolute Gasteiger partial charge is 0.0720 e. The minimum atomic E-state index is -0.530. The summed E-state index contributed by atoms with van der Waals surface area (Å²) in [7, 11) is 0. The van der Waals surface area contributed by atoms with Crippen LogP contribution < -0.4 is 0 Å². The van der Waals surface area contributed by atoms with Gasteiger partial charge in [0.25, 0.3) is 0 Å². The summed E-state index contributed by atoms with van der Waals surface area (Å²) in [4.78, 5) is 0. The Morgan fingerprint density at radius 3 is 0.981 bits per heavy atom. The third-order valence-corrected chi connectivity index (χ3v) is 13.3. The van der Waals surface area contributed by atoms with Crippen molar-refractivity contribution >= 4 is 32.3 Å². The molecule has 0 heterocycles. The normalized spacial score (nSPS) is 15.2. The van der Waals surface area contributed by atoms with Gasteiger partial charge in [0.2, 0.25) is 0 Å². The molecule has 3 aliphatic rings. The average molecular weight is 687 g/mol. The van der Waals surface area contributed by atoms with Gasteiger partial charge in [0, 0.05) is 0 Å². The molecule has 0 amide bonds. The molecule has 0 saturated carbocycles. The van der Waals surface area contributed by atoms with Crippen LogP contribution in [0.4, 0.5) is 0 Å². The highest BCUT2D eigenvalue weighted by Gasteiger charge is 2.59. The number of hydrogen-bond donors (Lipinski definition) is 0. The van der Waals surface area contributed by atoms with Gasteiger partial charge in [-0.2, -0.15) is 0 Å². The molecule has 0 N–H and O–H groups in total. The first-order chi connectivity index (χ1) is 26.4. The molecule has 0 saturated heterocycles. The Morgan fingerprint density at radius 1 is 0.278 bits per heavy atom. The van der Waals surface area contributed by atoms with E-state index in [0.29, 0.717) is 0 Å². The van der Waals surface area contributed by atoms with Crippen molar-refractivity contribution < 1.29 is 0 Å². The van der Waals surface area contributed by atoms with Gasteiger partial charge in [0.1, 0.15) is 0 Å². The summed E-state index contributed by atoms with van der Waals surface area (Å²) in [5, 5.41) is 7.85. The van der Waals surface area contributed by atoms with Crippen LogP contribution in [-0.2, 0) is 16.2 Å². The van der Waals surface area contributed by atoms with E-state index >= 15 is 0 Å². The van der Waals surface area contributed by atoms with Gasteiger partial charge < -0.3 is 0 Å². The first-order valence-corrected chi connectivity index (χ1v) is 19.4. The number of rotatable bonds is 0. The van der Waals surface area contributed by atoms with Crippen LogP contribution in [0.15, 0.2) is 176 Å². The molecule has 0 radical (unpaired) electrons. The van der Waals surface area contributed by atoms with Crippen LogP contribution in [-0.4, -0.2) is 0 Å². The topological polar surface area (TPSA) is 0 Å². The molecule has 3 aliphatic carbocycles. The molecule has 2 spiro atoms. The summed E-state index contributed by atoms with van der Waals surface area (Å²) in [6.45, 7) is 7.07. The molecule has 0 aromatic heterocycles. The van der Waals surface area contributed by atoms with Gasteiger partial charge in [-0.05, 0) is 122 Å². The fraction of sp³-hybridized carbons (Fsp3) is 0.111. The summed E-state index contributed by atoms with van der Waals surface area (Å²) < 4.78 is 0. The van der Waals surface area contributed by atoms with Crippen LogP contribution >= 0.6 is 0 Å². The van der Waals surface area contributed by atoms with E-state index in [0.717, 1.165) is 0 Å². The Hall–Kier alpha value is -6.24. The Bertz CT molecular complexity index is 3000. The van der Waals surface area contributed by atoms with Crippen molar-refractivity contribution in [3.63, 3.8) is 0 Å². The minimum absolute atomic E-state index is 0.0364.